The summed E-state index contributed by atoms with van der Waals surface area (Å²) in [4.78, 5) is 11.2. The number of carbonyl (C=O) groups excluding carboxylic acids is 1. The first-order valence-corrected chi connectivity index (χ1v) is 3.93. The molecule has 0 spiro atoms. The lowest BCUT2D eigenvalue weighted by molar-refractivity contribution is -0.124. The fraction of sp³-hybridized carbons (Fsp3) is 0.875. The Morgan fingerprint density at radius 2 is 2.00 bits per heavy atom. The Hall–Kier alpha value is -0.570. The lowest BCUT2D eigenvalue weighted by atomic mass is 9.87. The van der Waals surface area contributed by atoms with Crippen LogP contribution in [0.4, 0.5) is 0 Å². The molecular weight excluding hydrogens is 140 g/mol. The lowest BCUT2D eigenvalue weighted by Crippen LogP contribution is -2.48. The highest BCUT2D eigenvalue weighted by molar-refractivity contribution is 5.82. The molecule has 0 aliphatic carbocycles. The fourth-order valence-electron chi connectivity index (χ4n) is 0.677. The van der Waals surface area contributed by atoms with E-state index in [0.717, 1.165) is 0 Å². The van der Waals surface area contributed by atoms with Crippen LogP contribution in [0.15, 0.2) is 0 Å². The maximum absolute atomic E-state index is 11.2. The SMILES string of the molecule is CCNC(=O)[C@H](N)C(C)(C)C. The van der Waals surface area contributed by atoms with Crippen LogP contribution in [0.2, 0.25) is 0 Å². The molecule has 11 heavy (non-hydrogen) atoms. The minimum atomic E-state index is -0.414. The van der Waals surface area contributed by atoms with Crippen molar-refractivity contribution in [1.29, 1.82) is 0 Å². The molecule has 0 aromatic heterocycles. The van der Waals surface area contributed by atoms with Crippen molar-refractivity contribution in [2.24, 2.45) is 11.1 Å². The average molecular weight is 158 g/mol. The van der Waals surface area contributed by atoms with Gasteiger partial charge in [-0.1, -0.05) is 20.8 Å². The zero-order valence-corrected chi connectivity index (χ0v) is 7.77. The first-order valence-electron chi connectivity index (χ1n) is 3.93. The van der Waals surface area contributed by atoms with Crippen LogP contribution in [0, 0.1) is 5.41 Å². The summed E-state index contributed by atoms with van der Waals surface area (Å²) < 4.78 is 0. The molecule has 0 aromatic rings. The van der Waals surface area contributed by atoms with E-state index >= 15 is 0 Å². The molecule has 66 valence electrons. The van der Waals surface area contributed by atoms with Crippen molar-refractivity contribution < 1.29 is 4.79 Å². The number of nitrogens with one attached hydrogen (secondary N) is 1. The average Bonchev–Trinajstić information content (AvgIpc) is 1.85. The first kappa shape index (κ1) is 10.4. The zero-order valence-electron chi connectivity index (χ0n) is 7.77. The summed E-state index contributed by atoms with van der Waals surface area (Å²) in [6.07, 6.45) is 0. The minimum Gasteiger partial charge on any atom is -0.355 e. The fourth-order valence-corrected chi connectivity index (χ4v) is 0.677. The Kier molecular flexibility index (Phi) is 3.52. The van der Waals surface area contributed by atoms with Crippen LogP contribution in [0.25, 0.3) is 0 Å². The normalized spacial score (nSPS) is 14.3. The Morgan fingerprint density at radius 1 is 1.55 bits per heavy atom. The molecule has 1 atom stereocenters. The summed E-state index contributed by atoms with van der Waals surface area (Å²) in [5.41, 5.74) is 5.51. The molecule has 3 heteroatoms. The van der Waals surface area contributed by atoms with Gasteiger partial charge in [0.25, 0.3) is 0 Å². The van der Waals surface area contributed by atoms with E-state index in [1.54, 1.807) is 0 Å². The van der Waals surface area contributed by atoms with Gasteiger partial charge in [-0.2, -0.15) is 0 Å². The molecule has 0 aliphatic rings. The molecule has 3 nitrogen and oxygen atoms in total. The molecule has 0 unspecified atom stereocenters. The first-order chi connectivity index (χ1) is 4.89. The van der Waals surface area contributed by atoms with E-state index in [0.29, 0.717) is 6.54 Å². The Morgan fingerprint density at radius 3 is 2.27 bits per heavy atom. The van der Waals surface area contributed by atoms with E-state index < -0.39 is 6.04 Å². The van der Waals surface area contributed by atoms with E-state index in [9.17, 15) is 4.79 Å². The highest BCUT2D eigenvalue weighted by atomic mass is 16.2. The summed E-state index contributed by atoms with van der Waals surface area (Å²) >= 11 is 0. The maximum atomic E-state index is 11.2. The van der Waals surface area contributed by atoms with Crippen molar-refractivity contribution in [3.05, 3.63) is 0 Å². The minimum absolute atomic E-state index is 0.0694. The van der Waals surface area contributed by atoms with Gasteiger partial charge in [-0.15, -0.1) is 0 Å². The quantitative estimate of drug-likeness (QED) is 0.614. The van der Waals surface area contributed by atoms with E-state index in [-0.39, 0.29) is 11.3 Å². The second-order valence-electron chi connectivity index (χ2n) is 3.74. The maximum Gasteiger partial charge on any atom is 0.237 e. The number of carbonyl (C=O) groups is 1. The van der Waals surface area contributed by atoms with E-state index in [1.165, 1.54) is 0 Å². The van der Waals surface area contributed by atoms with Gasteiger partial charge in [-0.25, -0.2) is 0 Å². The lowest BCUT2D eigenvalue weighted by Gasteiger charge is -2.25. The van der Waals surface area contributed by atoms with Crippen LogP contribution >= 0.6 is 0 Å². The van der Waals surface area contributed by atoms with Gasteiger partial charge in [0.05, 0.1) is 6.04 Å². The molecule has 0 rings (SSSR count). The molecule has 0 aliphatic heterocycles. The van der Waals surface area contributed by atoms with Gasteiger partial charge in [0.15, 0.2) is 0 Å². The van der Waals surface area contributed by atoms with Crippen LogP contribution in [-0.2, 0) is 4.79 Å². The number of rotatable bonds is 2. The molecule has 0 radical (unpaired) electrons. The van der Waals surface area contributed by atoms with Gasteiger partial charge in [0.2, 0.25) is 5.91 Å². The van der Waals surface area contributed by atoms with Crippen molar-refractivity contribution >= 4 is 5.91 Å². The predicted molar refractivity (Wildman–Crippen MR) is 46.1 cm³/mol. The van der Waals surface area contributed by atoms with Crippen LogP contribution in [0.5, 0.6) is 0 Å². The number of amides is 1. The van der Waals surface area contributed by atoms with Gasteiger partial charge >= 0.3 is 0 Å². The molecule has 0 aromatic carbocycles. The molecule has 0 fully saturated rings. The highest BCUT2D eigenvalue weighted by Crippen LogP contribution is 2.16. The smallest absolute Gasteiger partial charge is 0.237 e. The van der Waals surface area contributed by atoms with Gasteiger partial charge < -0.3 is 11.1 Å². The topological polar surface area (TPSA) is 55.1 Å². The number of nitrogens with two attached hydrogens (primary N) is 1. The summed E-state index contributed by atoms with van der Waals surface area (Å²) in [5.74, 6) is -0.0694. The van der Waals surface area contributed by atoms with Gasteiger partial charge in [0, 0.05) is 6.54 Å². The third-order valence-electron chi connectivity index (χ3n) is 1.57. The van der Waals surface area contributed by atoms with Gasteiger partial charge in [-0.05, 0) is 12.3 Å². The Bertz CT molecular complexity index is 138. The predicted octanol–water partition coefficient (Wildman–Crippen LogP) is 0.496. The van der Waals surface area contributed by atoms with Crippen LogP contribution in [-0.4, -0.2) is 18.5 Å². The van der Waals surface area contributed by atoms with Crippen molar-refractivity contribution in [3.8, 4) is 0 Å². The third kappa shape index (κ3) is 3.37. The summed E-state index contributed by atoms with van der Waals surface area (Å²) in [6, 6.07) is -0.414. The summed E-state index contributed by atoms with van der Waals surface area (Å²) in [7, 11) is 0. The number of likely N-dealkylation sites (N-methyl/N-ethyl adjacent to an activating group) is 1. The standard InChI is InChI=1S/C8H18N2O/c1-5-10-7(11)6(9)8(2,3)4/h6H,5,9H2,1-4H3,(H,10,11)/t6-/m0/s1. The number of hydrogen-bond donors (Lipinski definition) is 2. The summed E-state index contributed by atoms with van der Waals surface area (Å²) in [6.45, 7) is 8.38. The van der Waals surface area contributed by atoms with E-state index in [2.05, 4.69) is 5.32 Å². The van der Waals surface area contributed by atoms with Crippen molar-refractivity contribution in [3.63, 3.8) is 0 Å². The Balaban J connectivity index is 4.03. The van der Waals surface area contributed by atoms with E-state index in [1.807, 2.05) is 27.7 Å². The van der Waals surface area contributed by atoms with Crippen LogP contribution in [0.3, 0.4) is 0 Å². The van der Waals surface area contributed by atoms with Crippen molar-refractivity contribution in [2.75, 3.05) is 6.54 Å². The van der Waals surface area contributed by atoms with Gasteiger partial charge in [0.1, 0.15) is 0 Å². The third-order valence-corrected chi connectivity index (χ3v) is 1.57. The number of hydrogen-bond acceptors (Lipinski definition) is 2. The van der Waals surface area contributed by atoms with Crippen LogP contribution in [0.1, 0.15) is 27.7 Å². The molecule has 0 saturated heterocycles. The second kappa shape index (κ2) is 3.72. The molecule has 3 N–H and O–H groups in total. The second-order valence-corrected chi connectivity index (χ2v) is 3.74. The largest absolute Gasteiger partial charge is 0.355 e. The van der Waals surface area contributed by atoms with Crippen molar-refractivity contribution in [1.82, 2.24) is 5.32 Å². The van der Waals surface area contributed by atoms with Gasteiger partial charge in [-0.3, -0.25) is 4.79 Å². The monoisotopic (exact) mass is 158 g/mol. The molecular formula is C8H18N2O. The molecule has 0 bridgehead atoms. The zero-order chi connectivity index (χ0) is 9.07. The van der Waals surface area contributed by atoms with E-state index in [4.69, 9.17) is 5.73 Å². The van der Waals surface area contributed by atoms with Crippen molar-refractivity contribution in [2.45, 2.75) is 33.7 Å². The highest BCUT2D eigenvalue weighted by Gasteiger charge is 2.26. The molecule has 1 amide bonds. The van der Waals surface area contributed by atoms with Crippen LogP contribution < -0.4 is 11.1 Å². The molecule has 0 saturated carbocycles. The summed E-state index contributed by atoms with van der Waals surface area (Å²) in [5, 5.41) is 2.69. The molecule has 0 heterocycles. The Labute approximate surface area is 68.3 Å².